The van der Waals surface area contributed by atoms with Gasteiger partial charge in [0.1, 0.15) is 11.7 Å². The molecule has 4 heterocycles. The first-order valence-corrected chi connectivity index (χ1v) is 10.8. The van der Waals surface area contributed by atoms with E-state index in [0.717, 1.165) is 31.9 Å². The number of rotatable bonds is 4. The minimum Gasteiger partial charge on any atom is -0.388 e. The number of benzene rings is 1. The Morgan fingerprint density at radius 3 is 2.47 bits per heavy atom. The van der Waals surface area contributed by atoms with Crippen LogP contribution in [-0.2, 0) is 6.54 Å². The summed E-state index contributed by atoms with van der Waals surface area (Å²) in [6.07, 6.45) is 8.16. The fraction of sp³-hybridized carbons (Fsp3) is 0.500. The van der Waals surface area contributed by atoms with E-state index in [-0.39, 0.29) is 12.1 Å². The largest absolute Gasteiger partial charge is 0.388 e. The van der Waals surface area contributed by atoms with Crippen molar-refractivity contribution in [3.05, 3.63) is 47.1 Å². The number of aliphatic hydroxyl groups is 1. The number of hydrogen-bond donors (Lipinski definition) is 2. The summed E-state index contributed by atoms with van der Waals surface area (Å²) in [6.45, 7) is 3.98. The Morgan fingerprint density at radius 1 is 1.03 bits per heavy atom. The van der Waals surface area contributed by atoms with E-state index < -0.39 is 5.60 Å². The van der Waals surface area contributed by atoms with Crippen LogP contribution >= 0.6 is 0 Å². The third-order valence-corrected chi connectivity index (χ3v) is 6.37. The van der Waals surface area contributed by atoms with Crippen LogP contribution in [0.1, 0.15) is 32.1 Å². The summed E-state index contributed by atoms with van der Waals surface area (Å²) in [7, 11) is 0. The van der Waals surface area contributed by atoms with Crippen LogP contribution in [0.5, 0.6) is 0 Å². The normalized spacial score (nSPS) is 19.3. The topological polar surface area (TPSA) is 88.2 Å². The molecule has 2 aliphatic rings. The van der Waals surface area contributed by atoms with Gasteiger partial charge in [0, 0.05) is 18.8 Å². The molecule has 2 N–H and O–H groups in total. The Morgan fingerprint density at radius 2 is 1.73 bits per heavy atom. The summed E-state index contributed by atoms with van der Waals surface area (Å²) in [6, 6.07) is 8.28. The second-order valence-corrected chi connectivity index (χ2v) is 8.51. The Labute approximate surface area is 175 Å². The highest BCUT2D eigenvalue weighted by molar-refractivity contribution is 5.75. The van der Waals surface area contributed by atoms with Gasteiger partial charge in [-0.05, 0) is 69.5 Å². The van der Waals surface area contributed by atoms with Crippen molar-refractivity contribution in [2.45, 2.75) is 44.2 Å². The van der Waals surface area contributed by atoms with E-state index in [0.29, 0.717) is 23.9 Å². The molecule has 2 aliphatic heterocycles. The zero-order valence-corrected chi connectivity index (χ0v) is 17.1. The number of fused-ring (bicyclic) bond motifs is 1. The molecular formula is C22H28N6O2. The van der Waals surface area contributed by atoms with Gasteiger partial charge >= 0.3 is 0 Å². The van der Waals surface area contributed by atoms with Crippen LogP contribution in [-0.4, -0.2) is 56.2 Å². The Hall–Kier alpha value is -2.71. The van der Waals surface area contributed by atoms with Crippen molar-refractivity contribution in [3.63, 3.8) is 0 Å². The number of aromatic nitrogens is 4. The van der Waals surface area contributed by atoms with Crippen LogP contribution in [0.4, 0.5) is 5.69 Å². The van der Waals surface area contributed by atoms with Gasteiger partial charge in [0.25, 0.3) is 5.56 Å². The maximum Gasteiger partial charge on any atom is 0.264 e. The van der Waals surface area contributed by atoms with Crippen LogP contribution in [0.25, 0.3) is 16.7 Å². The van der Waals surface area contributed by atoms with Crippen LogP contribution in [0.3, 0.4) is 0 Å². The van der Waals surface area contributed by atoms with Gasteiger partial charge < -0.3 is 15.3 Å². The van der Waals surface area contributed by atoms with Crippen molar-refractivity contribution in [1.82, 2.24) is 24.6 Å². The predicted molar refractivity (Wildman–Crippen MR) is 116 cm³/mol. The Kier molecular flexibility index (Phi) is 5.04. The summed E-state index contributed by atoms with van der Waals surface area (Å²) < 4.78 is 3.22. The van der Waals surface area contributed by atoms with Crippen LogP contribution in [0.15, 0.2) is 41.6 Å². The number of nitrogens with zero attached hydrogens (tertiary/aromatic N) is 5. The highest BCUT2D eigenvalue weighted by Gasteiger charge is 2.30. The van der Waals surface area contributed by atoms with Crippen LogP contribution in [0.2, 0.25) is 0 Å². The summed E-state index contributed by atoms with van der Waals surface area (Å²) in [4.78, 5) is 19.9. The third-order valence-electron chi connectivity index (χ3n) is 6.37. The fourth-order valence-electron chi connectivity index (χ4n) is 4.57. The lowest BCUT2D eigenvalue weighted by Crippen LogP contribution is -2.46. The lowest BCUT2D eigenvalue weighted by atomic mass is 9.92. The maximum atomic E-state index is 13.0. The standard InChI is InChI=1S/C22H28N6O2/c29-21-19-14-25-28(18-6-4-17(5-7-18)26-12-2-1-3-13-26)20(19)24-16-27(21)15-22(30)8-10-23-11-9-22/h4-7,14,16,23,30H,1-3,8-13,15H2. The van der Waals surface area contributed by atoms with Gasteiger partial charge in [-0.1, -0.05) is 0 Å². The third kappa shape index (κ3) is 3.61. The van der Waals surface area contributed by atoms with Crippen molar-refractivity contribution >= 4 is 16.7 Å². The lowest BCUT2D eigenvalue weighted by Gasteiger charge is -2.32. The molecule has 0 atom stereocenters. The van der Waals surface area contributed by atoms with Crippen molar-refractivity contribution in [2.24, 2.45) is 0 Å². The van der Waals surface area contributed by atoms with Crippen LogP contribution < -0.4 is 15.8 Å². The molecule has 30 heavy (non-hydrogen) atoms. The van der Waals surface area contributed by atoms with Gasteiger partial charge in [-0.3, -0.25) is 9.36 Å². The average Bonchev–Trinajstić information content (AvgIpc) is 3.22. The molecule has 5 rings (SSSR count). The van der Waals surface area contributed by atoms with E-state index in [9.17, 15) is 9.90 Å². The number of hydrogen-bond acceptors (Lipinski definition) is 6. The van der Waals surface area contributed by atoms with Gasteiger partial charge in [0.05, 0.1) is 24.0 Å². The van der Waals surface area contributed by atoms with Gasteiger partial charge in [0.2, 0.25) is 0 Å². The molecular weight excluding hydrogens is 380 g/mol. The van der Waals surface area contributed by atoms with Crippen molar-refractivity contribution in [3.8, 4) is 5.69 Å². The second kappa shape index (κ2) is 7.85. The zero-order valence-electron chi connectivity index (χ0n) is 17.1. The average molecular weight is 409 g/mol. The SMILES string of the molecule is O=c1c2cnn(-c3ccc(N4CCCCC4)cc3)c2ncn1CC1(O)CCNCC1. The number of piperidine rings is 2. The number of nitrogens with one attached hydrogen (secondary N) is 1. The van der Waals surface area contributed by atoms with Gasteiger partial charge in [-0.15, -0.1) is 0 Å². The number of anilines is 1. The van der Waals surface area contributed by atoms with E-state index in [1.54, 1.807) is 10.9 Å². The minimum atomic E-state index is -0.870. The van der Waals surface area contributed by atoms with Crippen LogP contribution in [0, 0.1) is 0 Å². The van der Waals surface area contributed by atoms with E-state index in [4.69, 9.17) is 0 Å². The van der Waals surface area contributed by atoms with E-state index in [2.05, 4.69) is 32.4 Å². The van der Waals surface area contributed by atoms with Crippen molar-refractivity contribution in [2.75, 3.05) is 31.1 Å². The van der Waals surface area contributed by atoms with Gasteiger partial charge in [-0.25, -0.2) is 9.67 Å². The summed E-state index contributed by atoms with van der Waals surface area (Å²) in [5, 5.41) is 18.9. The van der Waals surface area contributed by atoms with Crippen molar-refractivity contribution in [1.29, 1.82) is 0 Å². The molecule has 3 aromatic rings. The van der Waals surface area contributed by atoms with Crippen molar-refractivity contribution < 1.29 is 5.11 Å². The molecule has 2 saturated heterocycles. The highest BCUT2D eigenvalue weighted by Crippen LogP contribution is 2.23. The van der Waals surface area contributed by atoms with E-state index in [1.165, 1.54) is 35.8 Å². The predicted octanol–water partition coefficient (Wildman–Crippen LogP) is 1.69. The lowest BCUT2D eigenvalue weighted by molar-refractivity contribution is -0.00627. The molecule has 0 spiro atoms. The second-order valence-electron chi connectivity index (χ2n) is 8.51. The molecule has 0 radical (unpaired) electrons. The summed E-state index contributed by atoms with van der Waals surface area (Å²) in [5.41, 5.74) is 1.61. The first-order chi connectivity index (χ1) is 14.6. The molecule has 8 heteroatoms. The molecule has 0 unspecified atom stereocenters. The van der Waals surface area contributed by atoms with Gasteiger partial charge in [0.15, 0.2) is 5.65 Å². The maximum absolute atomic E-state index is 13.0. The highest BCUT2D eigenvalue weighted by atomic mass is 16.3. The molecule has 158 valence electrons. The molecule has 8 nitrogen and oxygen atoms in total. The molecule has 0 aliphatic carbocycles. The molecule has 0 bridgehead atoms. The smallest absolute Gasteiger partial charge is 0.264 e. The fourth-order valence-corrected chi connectivity index (χ4v) is 4.57. The monoisotopic (exact) mass is 408 g/mol. The summed E-state index contributed by atoms with van der Waals surface area (Å²) in [5.74, 6) is 0. The minimum absolute atomic E-state index is 0.164. The molecule has 0 saturated carbocycles. The summed E-state index contributed by atoms with van der Waals surface area (Å²) >= 11 is 0. The molecule has 1 aromatic carbocycles. The molecule has 2 aromatic heterocycles. The Bertz CT molecular complexity index is 1080. The van der Waals surface area contributed by atoms with E-state index in [1.807, 2.05) is 12.1 Å². The molecule has 0 amide bonds. The molecule has 2 fully saturated rings. The van der Waals surface area contributed by atoms with Gasteiger partial charge in [-0.2, -0.15) is 5.10 Å². The Balaban J connectivity index is 1.42. The first-order valence-electron chi connectivity index (χ1n) is 10.8. The zero-order chi connectivity index (χ0) is 20.6. The van der Waals surface area contributed by atoms with E-state index >= 15 is 0 Å². The quantitative estimate of drug-likeness (QED) is 0.683. The first kappa shape index (κ1) is 19.3.